The lowest BCUT2D eigenvalue weighted by atomic mass is 9.82. The SMILES string of the molecule is Cc1csc(NS(=O)(=O)c2ccc(NCC34CCCN3CC(C)(C)C4)c(Cl)c2F)n1. The van der Waals surface area contributed by atoms with Gasteiger partial charge in [-0.25, -0.2) is 17.8 Å². The third-order valence-electron chi connectivity index (χ3n) is 5.95. The number of rotatable bonds is 6. The predicted octanol–water partition coefficient (Wildman–Crippen LogP) is 4.72. The third kappa shape index (κ3) is 4.04. The Morgan fingerprint density at radius 1 is 1.37 bits per heavy atom. The van der Waals surface area contributed by atoms with Gasteiger partial charge in [-0.15, -0.1) is 11.3 Å². The second-order valence-corrected chi connectivity index (χ2v) is 12.0. The van der Waals surface area contributed by atoms with Crippen molar-refractivity contribution in [2.75, 3.05) is 29.7 Å². The fraction of sp³-hybridized carbons (Fsp3) is 0.550. The van der Waals surface area contributed by atoms with Crippen molar-refractivity contribution >= 4 is 43.8 Å². The number of halogens is 2. The summed E-state index contributed by atoms with van der Waals surface area (Å²) in [7, 11) is -4.13. The molecular formula is C20H26ClFN4O2S2. The molecule has 6 nitrogen and oxygen atoms in total. The molecule has 0 saturated carbocycles. The molecule has 0 aliphatic carbocycles. The number of fused-ring (bicyclic) bond motifs is 1. The summed E-state index contributed by atoms with van der Waals surface area (Å²) in [6.07, 6.45) is 3.31. The van der Waals surface area contributed by atoms with E-state index < -0.39 is 20.7 Å². The van der Waals surface area contributed by atoms with Crippen LogP contribution in [0, 0.1) is 18.2 Å². The van der Waals surface area contributed by atoms with Gasteiger partial charge in [0.1, 0.15) is 9.92 Å². The standard InChI is InChI=1S/C20H26ClFN4O2S2/c1-13-9-29-18(24-13)25-30(27,28)15-6-5-14(16(21)17(15)22)23-11-20-7-4-8-26(20)12-19(2,3)10-20/h5-6,9,23H,4,7-8,10-12H2,1-3H3,(H,24,25). The van der Waals surface area contributed by atoms with Crippen molar-refractivity contribution in [1.29, 1.82) is 0 Å². The Kier molecular flexibility index (Phi) is 5.53. The molecule has 2 aromatic rings. The lowest BCUT2D eigenvalue weighted by Gasteiger charge is -2.33. The molecule has 2 aliphatic rings. The van der Waals surface area contributed by atoms with E-state index in [0.29, 0.717) is 17.9 Å². The fourth-order valence-electron chi connectivity index (χ4n) is 4.87. The number of thiazole rings is 1. The van der Waals surface area contributed by atoms with Crippen LogP contribution in [0.15, 0.2) is 22.4 Å². The number of anilines is 2. The minimum absolute atomic E-state index is 0.0400. The van der Waals surface area contributed by atoms with Crippen LogP contribution in [-0.2, 0) is 10.0 Å². The molecule has 164 valence electrons. The van der Waals surface area contributed by atoms with Gasteiger partial charge in [-0.05, 0) is 50.3 Å². The summed E-state index contributed by atoms with van der Waals surface area (Å²) >= 11 is 7.38. The summed E-state index contributed by atoms with van der Waals surface area (Å²) in [4.78, 5) is 6.09. The topological polar surface area (TPSA) is 74.3 Å². The zero-order valence-corrected chi connectivity index (χ0v) is 19.6. The quantitative estimate of drug-likeness (QED) is 0.636. The summed E-state index contributed by atoms with van der Waals surface area (Å²) in [5.41, 5.74) is 1.38. The molecule has 3 heterocycles. The minimum Gasteiger partial charge on any atom is -0.382 e. The first-order valence-electron chi connectivity index (χ1n) is 9.93. The zero-order chi connectivity index (χ0) is 21.7. The van der Waals surface area contributed by atoms with Gasteiger partial charge in [0.2, 0.25) is 0 Å². The Bertz CT molecular complexity index is 1070. The van der Waals surface area contributed by atoms with Crippen LogP contribution in [0.3, 0.4) is 0 Å². The van der Waals surface area contributed by atoms with E-state index in [9.17, 15) is 12.8 Å². The molecule has 2 fully saturated rings. The molecule has 30 heavy (non-hydrogen) atoms. The number of nitrogens with one attached hydrogen (secondary N) is 2. The number of nitrogens with zero attached hydrogens (tertiary/aromatic N) is 2. The number of aryl methyl sites for hydroxylation is 1. The van der Waals surface area contributed by atoms with Crippen molar-refractivity contribution in [2.24, 2.45) is 5.41 Å². The molecule has 1 atom stereocenters. The highest BCUT2D eigenvalue weighted by molar-refractivity contribution is 7.93. The molecule has 10 heteroatoms. The molecule has 0 amide bonds. The molecule has 2 N–H and O–H groups in total. The van der Waals surface area contributed by atoms with Crippen LogP contribution >= 0.6 is 22.9 Å². The summed E-state index contributed by atoms with van der Waals surface area (Å²) in [6, 6.07) is 2.78. The minimum atomic E-state index is -4.13. The average Bonchev–Trinajstić information content (AvgIpc) is 3.27. The van der Waals surface area contributed by atoms with Crippen molar-refractivity contribution in [3.8, 4) is 0 Å². The van der Waals surface area contributed by atoms with E-state index in [4.69, 9.17) is 11.6 Å². The van der Waals surface area contributed by atoms with Crippen LogP contribution in [0.5, 0.6) is 0 Å². The van der Waals surface area contributed by atoms with Gasteiger partial charge in [-0.3, -0.25) is 9.62 Å². The van der Waals surface area contributed by atoms with Crippen LogP contribution in [0.2, 0.25) is 5.02 Å². The summed E-state index contributed by atoms with van der Waals surface area (Å²) < 4.78 is 42.5. The smallest absolute Gasteiger partial charge is 0.266 e. The summed E-state index contributed by atoms with van der Waals surface area (Å²) in [5, 5.41) is 4.97. The number of hydrogen-bond donors (Lipinski definition) is 2. The van der Waals surface area contributed by atoms with Gasteiger partial charge in [0.25, 0.3) is 10.0 Å². The molecular weight excluding hydrogens is 447 g/mol. The highest BCUT2D eigenvalue weighted by Gasteiger charge is 2.51. The molecule has 2 aliphatic heterocycles. The van der Waals surface area contributed by atoms with Crippen molar-refractivity contribution in [3.05, 3.63) is 34.0 Å². The molecule has 0 bridgehead atoms. The second-order valence-electron chi connectivity index (χ2n) is 9.08. The van der Waals surface area contributed by atoms with E-state index in [0.717, 1.165) is 43.7 Å². The molecule has 1 unspecified atom stereocenters. The van der Waals surface area contributed by atoms with E-state index in [1.165, 1.54) is 12.1 Å². The predicted molar refractivity (Wildman–Crippen MR) is 119 cm³/mol. The number of sulfonamides is 1. The van der Waals surface area contributed by atoms with E-state index in [2.05, 4.69) is 33.8 Å². The Hall–Kier alpha value is -1.42. The van der Waals surface area contributed by atoms with Gasteiger partial charge in [-0.1, -0.05) is 25.4 Å². The second kappa shape index (κ2) is 7.62. The van der Waals surface area contributed by atoms with Crippen LogP contribution in [0.4, 0.5) is 15.2 Å². The average molecular weight is 473 g/mol. The van der Waals surface area contributed by atoms with E-state index >= 15 is 0 Å². The largest absolute Gasteiger partial charge is 0.382 e. The number of hydrogen-bond acceptors (Lipinski definition) is 6. The maximum atomic E-state index is 14.9. The van der Waals surface area contributed by atoms with Gasteiger partial charge < -0.3 is 5.32 Å². The van der Waals surface area contributed by atoms with E-state index in [-0.39, 0.29) is 21.1 Å². The van der Waals surface area contributed by atoms with Crippen LogP contribution in [0.1, 0.15) is 38.8 Å². The lowest BCUT2D eigenvalue weighted by Crippen LogP contribution is -2.44. The normalized spacial score (nSPS) is 23.5. The van der Waals surface area contributed by atoms with Crippen molar-refractivity contribution < 1.29 is 12.8 Å². The highest BCUT2D eigenvalue weighted by atomic mass is 35.5. The van der Waals surface area contributed by atoms with Crippen molar-refractivity contribution in [1.82, 2.24) is 9.88 Å². The molecule has 1 aromatic heterocycles. The third-order valence-corrected chi connectivity index (χ3v) is 8.68. The first-order valence-corrected chi connectivity index (χ1v) is 12.7. The molecule has 0 spiro atoms. The molecule has 0 radical (unpaired) electrons. The van der Waals surface area contributed by atoms with E-state index in [1.807, 2.05) is 0 Å². The Balaban J connectivity index is 1.53. The van der Waals surface area contributed by atoms with Crippen molar-refractivity contribution in [3.63, 3.8) is 0 Å². The first kappa shape index (κ1) is 21.8. The van der Waals surface area contributed by atoms with Crippen LogP contribution in [0.25, 0.3) is 0 Å². The number of benzene rings is 1. The Morgan fingerprint density at radius 2 is 2.13 bits per heavy atom. The Morgan fingerprint density at radius 3 is 2.83 bits per heavy atom. The van der Waals surface area contributed by atoms with Gasteiger partial charge in [0.15, 0.2) is 10.9 Å². The summed E-state index contributed by atoms with van der Waals surface area (Å²) in [6.45, 7) is 9.08. The monoisotopic (exact) mass is 472 g/mol. The van der Waals surface area contributed by atoms with Gasteiger partial charge >= 0.3 is 0 Å². The van der Waals surface area contributed by atoms with Crippen LogP contribution < -0.4 is 10.0 Å². The lowest BCUT2D eigenvalue weighted by molar-refractivity contribution is 0.209. The Labute approximate surface area is 185 Å². The maximum absolute atomic E-state index is 14.9. The van der Waals surface area contributed by atoms with Gasteiger partial charge in [0, 0.05) is 24.0 Å². The van der Waals surface area contributed by atoms with E-state index in [1.54, 1.807) is 12.3 Å². The fourth-order valence-corrected chi connectivity index (χ4v) is 7.19. The van der Waals surface area contributed by atoms with Gasteiger partial charge in [-0.2, -0.15) is 0 Å². The van der Waals surface area contributed by atoms with Gasteiger partial charge in [0.05, 0.1) is 11.4 Å². The number of aromatic nitrogens is 1. The molecule has 2 saturated heterocycles. The first-order chi connectivity index (χ1) is 14.0. The zero-order valence-electron chi connectivity index (χ0n) is 17.3. The maximum Gasteiger partial charge on any atom is 0.266 e. The van der Waals surface area contributed by atoms with Crippen molar-refractivity contribution in [2.45, 2.75) is 50.5 Å². The highest BCUT2D eigenvalue weighted by Crippen LogP contribution is 2.47. The van der Waals surface area contributed by atoms with Crippen LogP contribution in [-0.4, -0.2) is 43.5 Å². The summed E-state index contributed by atoms with van der Waals surface area (Å²) in [5.74, 6) is -0.963. The molecule has 1 aromatic carbocycles. The molecule has 4 rings (SSSR count).